The number of likely N-dealkylation sites (tertiary alicyclic amines) is 2. The van der Waals surface area contributed by atoms with Crippen molar-refractivity contribution in [1.82, 2.24) is 15.1 Å². The Kier molecular flexibility index (Phi) is 7.75. The predicted octanol–water partition coefficient (Wildman–Crippen LogP) is 4.31. The van der Waals surface area contributed by atoms with E-state index in [1.165, 1.54) is 69.4 Å². The standard InChI is InChI=1S/C24H41N3/c1-19(2)16-21-7-9-22(10-8-21)17-26-13-5-6-24(18-26)25-23-11-14-27(15-12-23)20(3)4/h7-10,19-20,23-25H,5-6,11-18H2,1-4H3. The van der Waals surface area contributed by atoms with Gasteiger partial charge in [0, 0.05) is 31.2 Å². The summed E-state index contributed by atoms with van der Waals surface area (Å²) in [4.78, 5) is 5.27. The van der Waals surface area contributed by atoms with Crippen LogP contribution in [0.2, 0.25) is 0 Å². The molecule has 3 heteroatoms. The summed E-state index contributed by atoms with van der Waals surface area (Å²) in [6.45, 7) is 15.3. The fraction of sp³-hybridized carbons (Fsp3) is 0.750. The highest BCUT2D eigenvalue weighted by atomic mass is 15.2. The fourth-order valence-electron chi connectivity index (χ4n) is 4.76. The number of piperidine rings is 2. The topological polar surface area (TPSA) is 18.5 Å². The van der Waals surface area contributed by atoms with E-state index < -0.39 is 0 Å². The van der Waals surface area contributed by atoms with Crippen LogP contribution in [0.3, 0.4) is 0 Å². The molecule has 1 N–H and O–H groups in total. The lowest BCUT2D eigenvalue weighted by molar-refractivity contribution is 0.134. The fourth-order valence-corrected chi connectivity index (χ4v) is 4.76. The summed E-state index contributed by atoms with van der Waals surface area (Å²) in [6, 6.07) is 11.4. The number of nitrogens with one attached hydrogen (secondary N) is 1. The van der Waals surface area contributed by atoms with E-state index >= 15 is 0 Å². The lowest BCUT2D eigenvalue weighted by atomic mass is 9.98. The van der Waals surface area contributed by atoms with Crippen molar-refractivity contribution in [1.29, 1.82) is 0 Å². The Hall–Kier alpha value is -0.900. The first-order chi connectivity index (χ1) is 13.0. The molecule has 27 heavy (non-hydrogen) atoms. The molecule has 1 unspecified atom stereocenters. The summed E-state index contributed by atoms with van der Waals surface area (Å²) in [5, 5.41) is 4.00. The molecule has 0 saturated carbocycles. The van der Waals surface area contributed by atoms with E-state index in [-0.39, 0.29) is 0 Å². The Morgan fingerprint density at radius 1 is 0.889 bits per heavy atom. The SMILES string of the molecule is CC(C)Cc1ccc(CN2CCCC(NC3CCN(C(C)C)CC3)C2)cc1. The Labute approximate surface area is 167 Å². The molecule has 0 aliphatic carbocycles. The summed E-state index contributed by atoms with van der Waals surface area (Å²) >= 11 is 0. The number of rotatable bonds is 7. The Balaban J connectivity index is 1.44. The summed E-state index contributed by atoms with van der Waals surface area (Å²) in [5.41, 5.74) is 2.94. The largest absolute Gasteiger partial charge is 0.310 e. The van der Waals surface area contributed by atoms with E-state index in [1.807, 2.05) is 0 Å². The molecular weight excluding hydrogens is 330 g/mol. The molecule has 2 heterocycles. The summed E-state index contributed by atoms with van der Waals surface area (Å²) in [7, 11) is 0. The summed E-state index contributed by atoms with van der Waals surface area (Å²) in [6.07, 6.45) is 6.48. The molecule has 0 radical (unpaired) electrons. The number of benzene rings is 1. The molecule has 1 aromatic rings. The minimum atomic E-state index is 0.676. The van der Waals surface area contributed by atoms with Gasteiger partial charge in [0.05, 0.1) is 0 Å². The summed E-state index contributed by atoms with van der Waals surface area (Å²) in [5.74, 6) is 0.734. The van der Waals surface area contributed by atoms with E-state index in [1.54, 1.807) is 0 Å². The maximum Gasteiger partial charge on any atom is 0.0234 e. The first-order valence-electron chi connectivity index (χ1n) is 11.3. The van der Waals surface area contributed by atoms with Gasteiger partial charge in [-0.2, -0.15) is 0 Å². The molecule has 1 atom stereocenters. The highest BCUT2D eigenvalue weighted by Gasteiger charge is 2.25. The zero-order chi connectivity index (χ0) is 19.2. The molecular formula is C24H41N3. The van der Waals surface area contributed by atoms with Crippen molar-refractivity contribution in [2.75, 3.05) is 26.2 Å². The van der Waals surface area contributed by atoms with Gasteiger partial charge >= 0.3 is 0 Å². The van der Waals surface area contributed by atoms with Gasteiger partial charge in [-0.3, -0.25) is 4.90 Å². The van der Waals surface area contributed by atoms with Crippen molar-refractivity contribution < 1.29 is 0 Å². The van der Waals surface area contributed by atoms with Crippen molar-refractivity contribution in [3.05, 3.63) is 35.4 Å². The monoisotopic (exact) mass is 371 g/mol. The van der Waals surface area contributed by atoms with Gasteiger partial charge in [0.2, 0.25) is 0 Å². The predicted molar refractivity (Wildman–Crippen MR) is 116 cm³/mol. The van der Waals surface area contributed by atoms with Crippen LogP contribution in [-0.4, -0.2) is 54.1 Å². The molecule has 0 amide bonds. The van der Waals surface area contributed by atoms with E-state index in [2.05, 4.69) is 67.1 Å². The Morgan fingerprint density at radius 3 is 2.19 bits per heavy atom. The van der Waals surface area contributed by atoms with Crippen LogP contribution in [0.25, 0.3) is 0 Å². The van der Waals surface area contributed by atoms with Gasteiger partial charge < -0.3 is 10.2 Å². The van der Waals surface area contributed by atoms with Crippen LogP contribution >= 0.6 is 0 Å². The molecule has 2 aliphatic heterocycles. The third kappa shape index (κ3) is 6.58. The maximum absolute atomic E-state index is 4.00. The van der Waals surface area contributed by atoms with Crippen LogP contribution in [0.1, 0.15) is 64.5 Å². The molecule has 2 fully saturated rings. The summed E-state index contributed by atoms with van der Waals surface area (Å²) < 4.78 is 0. The molecule has 1 aromatic carbocycles. The van der Waals surface area contributed by atoms with Crippen molar-refractivity contribution in [3.8, 4) is 0 Å². The second kappa shape index (κ2) is 10.0. The van der Waals surface area contributed by atoms with Crippen LogP contribution in [0, 0.1) is 5.92 Å². The molecule has 0 aromatic heterocycles. The zero-order valence-corrected chi connectivity index (χ0v) is 18.1. The van der Waals surface area contributed by atoms with Crippen molar-refractivity contribution in [2.45, 2.75) is 84.5 Å². The van der Waals surface area contributed by atoms with Gasteiger partial charge in [0.1, 0.15) is 0 Å². The van der Waals surface area contributed by atoms with Crippen molar-refractivity contribution >= 4 is 0 Å². The zero-order valence-electron chi connectivity index (χ0n) is 18.1. The molecule has 0 bridgehead atoms. The molecule has 2 saturated heterocycles. The third-order valence-corrected chi connectivity index (χ3v) is 6.31. The van der Waals surface area contributed by atoms with Gasteiger partial charge in [-0.05, 0) is 82.6 Å². The second-order valence-corrected chi connectivity index (χ2v) is 9.56. The van der Waals surface area contributed by atoms with Crippen LogP contribution in [0.5, 0.6) is 0 Å². The minimum absolute atomic E-state index is 0.676. The van der Waals surface area contributed by atoms with Gasteiger partial charge in [0.25, 0.3) is 0 Å². The first-order valence-corrected chi connectivity index (χ1v) is 11.3. The second-order valence-electron chi connectivity index (χ2n) is 9.56. The van der Waals surface area contributed by atoms with Crippen LogP contribution in [0.15, 0.2) is 24.3 Å². The van der Waals surface area contributed by atoms with Gasteiger partial charge in [0.15, 0.2) is 0 Å². The average Bonchev–Trinajstić information content (AvgIpc) is 2.64. The molecule has 3 nitrogen and oxygen atoms in total. The quantitative estimate of drug-likeness (QED) is 0.770. The number of hydrogen-bond donors (Lipinski definition) is 1. The number of nitrogens with zero attached hydrogens (tertiary/aromatic N) is 2. The van der Waals surface area contributed by atoms with E-state index in [0.29, 0.717) is 12.1 Å². The highest BCUT2D eigenvalue weighted by Crippen LogP contribution is 2.19. The highest BCUT2D eigenvalue weighted by molar-refractivity contribution is 5.23. The van der Waals surface area contributed by atoms with Gasteiger partial charge in [-0.1, -0.05) is 38.1 Å². The molecule has 152 valence electrons. The van der Waals surface area contributed by atoms with E-state index in [4.69, 9.17) is 0 Å². The normalized spacial score (nSPS) is 23.4. The van der Waals surface area contributed by atoms with Gasteiger partial charge in [-0.15, -0.1) is 0 Å². The van der Waals surface area contributed by atoms with Crippen LogP contribution < -0.4 is 5.32 Å². The van der Waals surface area contributed by atoms with Crippen LogP contribution in [0.4, 0.5) is 0 Å². The van der Waals surface area contributed by atoms with E-state index in [9.17, 15) is 0 Å². The van der Waals surface area contributed by atoms with Crippen molar-refractivity contribution in [3.63, 3.8) is 0 Å². The lowest BCUT2D eigenvalue weighted by Gasteiger charge is -2.39. The smallest absolute Gasteiger partial charge is 0.0234 e. The number of hydrogen-bond acceptors (Lipinski definition) is 3. The van der Waals surface area contributed by atoms with E-state index in [0.717, 1.165) is 18.5 Å². The first kappa shape index (κ1) is 20.8. The Bertz CT molecular complexity index is 543. The third-order valence-electron chi connectivity index (χ3n) is 6.31. The molecule has 2 aliphatic rings. The average molecular weight is 372 g/mol. The maximum atomic E-state index is 4.00. The molecule has 0 spiro atoms. The minimum Gasteiger partial charge on any atom is -0.310 e. The molecule has 3 rings (SSSR count). The Morgan fingerprint density at radius 2 is 1.56 bits per heavy atom. The van der Waals surface area contributed by atoms with Crippen LogP contribution in [-0.2, 0) is 13.0 Å². The lowest BCUT2D eigenvalue weighted by Crippen LogP contribution is -2.52. The van der Waals surface area contributed by atoms with Gasteiger partial charge in [-0.25, -0.2) is 0 Å². The van der Waals surface area contributed by atoms with Crippen molar-refractivity contribution in [2.24, 2.45) is 5.92 Å².